The van der Waals surface area contributed by atoms with Gasteiger partial charge >= 0.3 is 5.38 Å². The first-order valence-electron chi connectivity index (χ1n) is 4.16. The van der Waals surface area contributed by atoms with Gasteiger partial charge in [0.05, 0.1) is 0 Å². The SMILES string of the molecule is Cc1ccc(CC(=O)C(F)(F)Cl)cc1Br. The van der Waals surface area contributed by atoms with Crippen molar-refractivity contribution in [1.29, 1.82) is 0 Å². The molecule has 1 aromatic rings. The average molecular weight is 298 g/mol. The molecule has 0 heterocycles. The Kier molecular flexibility index (Phi) is 3.84. The molecular weight excluding hydrogens is 289 g/mol. The molecule has 0 amide bonds. The highest BCUT2D eigenvalue weighted by atomic mass is 79.9. The maximum absolute atomic E-state index is 12.4. The van der Waals surface area contributed by atoms with Gasteiger partial charge in [0.2, 0.25) is 5.78 Å². The Morgan fingerprint density at radius 2 is 2.13 bits per heavy atom. The van der Waals surface area contributed by atoms with Gasteiger partial charge in [0, 0.05) is 10.9 Å². The first kappa shape index (κ1) is 12.6. The highest BCUT2D eigenvalue weighted by molar-refractivity contribution is 9.10. The lowest BCUT2D eigenvalue weighted by atomic mass is 10.1. The van der Waals surface area contributed by atoms with E-state index in [9.17, 15) is 13.6 Å². The van der Waals surface area contributed by atoms with E-state index in [1.54, 1.807) is 18.2 Å². The number of hydrogen-bond donors (Lipinski definition) is 0. The van der Waals surface area contributed by atoms with Crippen molar-refractivity contribution in [3.63, 3.8) is 0 Å². The molecule has 1 aromatic carbocycles. The van der Waals surface area contributed by atoms with Crippen LogP contribution in [-0.4, -0.2) is 11.2 Å². The van der Waals surface area contributed by atoms with E-state index in [4.69, 9.17) is 0 Å². The third-order valence-electron chi connectivity index (χ3n) is 1.92. The van der Waals surface area contributed by atoms with Crippen LogP contribution in [0.3, 0.4) is 0 Å². The summed E-state index contributed by atoms with van der Waals surface area (Å²) in [6, 6.07) is 5.01. The number of halogens is 4. The number of carbonyl (C=O) groups excluding carboxylic acids is 1. The van der Waals surface area contributed by atoms with E-state index in [1.807, 2.05) is 6.92 Å². The molecule has 0 saturated heterocycles. The third kappa shape index (κ3) is 3.54. The number of ketones is 1. The van der Waals surface area contributed by atoms with Crippen molar-refractivity contribution < 1.29 is 13.6 Å². The summed E-state index contributed by atoms with van der Waals surface area (Å²) >= 11 is 7.86. The molecule has 5 heteroatoms. The van der Waals surface area contributed by atoms with Gasteiger partial charge in [-0.3, -0.25) is 4.79 Å². The van der Waals surface area contributed by atoms with Gasteiger partial charge in [-0.15, -0.1) is 0 Å². The Bertz CT molecular complexity index is 387. The molecule has 1 rings (SSSR count). The molecule has 0 aliphatic carbocycles. The average Bonchev–Trinajstić information content (AvgIpc) is 2.10. The van der Waals surface area contributed by atoms with Crippen molar-refractivity contribution in [2.45, 2.75) is 18.7 Å². The predicted molar refractivity (Wildman–Crippen MR) is 58.4 cm³/mol. The summed E-state index contributed by atoms with van der Waals surface area (Å²) in [4.78, 5) is 10.9. The van der Waals surface area contributed by atoms with Crippen LogP contribution in [0.1, 0.15) is 11.1 Å². The van der Waals surface area contributed by atoms with E-state index < -0.39 is 11.2 Å². The van der Waals surface area contributed by atoms with E-state index in [2.05, 4.69) is 27.5 Å². The summed E-state index contributed by atoms with van der Waals surface area (Å²) in [7, 11) is 0. The van der Waals surface area contributed by atoms with Gasteiger partial charge in [-0.05, 0) is 35.7 Å². The molecule has 0 unspecified atom stereocenters. The minimum Gasteiger partial charge on any atom is -0.291 e. The van der Waals surface area contributed by atoms with E-state index in [0.29, 0.717) is 5.56 Å². The lowest BCUT2D eigenvalue weighted by molar-refractivity contribution is -0.132. The summed E-state index contributed by atoms with van der Waals surface area (Å²) in [5.41, 5.74) is 1.49. The summed E-state index contributed by atoms with van der Waals surface area (Å²) in [6.45, 7) is 1.87. The van der Waals surface area contributed by atoms with E-state index >= 15 is 0 Å². The van der Waals surface area contributed by atoms with Gasteiger partial charge in [0.15, 0.2) is 0 Å². The van der Waals surface area contributed by atoms with Crippen LogP contribution in [0.25, 0.3) is 0 Å². The fourth-order valence-electron chi connectivity index (χ4n) is 1.03. The standard InChI is InChI=1S/C10H8BrClF2O/c1-6-2-3-7(4-8(6)11)5-9(15)10(12,13)14/h2-4H,5H2,1H3. The van der Waals surface area contributed by atoms with Crippen LogP contribution in [0.4, 0.5) is 8.78 Å². The van der Waals surface area contributed by atoms with Crippen LogP contribution >= 0.6 is 27.5 Å². The van der Waals surface area contributed by atoms with Crippen LogP contribution in [-0.2, 0) is 11.2 Å². The highest BCUT2D eigenvalue weighted by Crippen LogP contribution is 2.24. The Labute approximate surface area is 99.6 Å². The molecule has 0 radical (unpaired) electrons. The number of carbonyl (C=O) groups is 1. The molecule has 0 aliphatic rings. The Morgan fingerprint density at radius 1 is 1.53 bits per heavy atom. The normalized spacial score (nSPS) is 11.5. The number of benzene rings is 1. The second-order valence-corrected chi connectivity index (χ2v) is 4.51. The summed E-state index contributed by atoms with van der Waals surface area (Å²) in [6.07, 6.45) is -0.366. The van der Waals surface area contributed by atoms with Crippen molar-refractivity contribution in [1.82, 2.24) is 0 Å². The fourth-order valence-corrected chi connectivity index (χ4v) is 1.52. The predicted octanol–water partition coefficient (Wildman–Crippen LogP) is 3.70. The van der Waals surface area contributed by atoms with E-state index in [1.165, 1.54) is 0 Å². The number of aryl methyl sites for hydroxylation is 1. The molecule has 0 atom stereocenters. The topological polar surface area (TPSA) is 17.1 Å². The van der Waals surface area contributed by atoms with Crippen LogP contribution < -0.4 is 0 Å². The third-order valence-corrected chi connectivity index (χ3v) is 2.98. The number of alkyl halides is 3. The summed E-state index contributed by atoms with van der Waals surface area (Å²) in [5.74, 6) is -1.29. The summed E-state index contributed by atoms with van der Waals surface area (Å²) in [5, 5.41) is -3.78. The van der Waals surface area contributed by atoms with Gasteiger partial charge in [0.1, 0.15) is 0 Å². The second kappa shape index (κ2) is 4.58. The van der Waals surface area contributed by atoms with Crippen LogP contribution in [0.15, 0.2) is 22.7 Å². The highest BCUT2D eigenvalue weighted by Gasteiger charge is 2.34. The lowest BCUT2D eigenvalue weighted by Gasteiger charge is -2.07. The van der Waals surface area contributed by atoms with Crippen molar-refractivity contribution >= 4 is 33.3 Å². The minimum absolute atomic E-state index is 0.366. The number of Topliss-reactive ketones (excluding diaryl/α,β-unsaturated/α-hetero) is 1. The first-order valence-corrected chi connectivity index (χ1v) is 5.33. The summed E-state index contributed by atoms with van der Waals surface area (Å²) < 4.78 is 25.6. The molecule has 0 aromatic heterocycles. The van der Waals surface area contributed by atoms with Gasteiger partial charge in [-0.25, -0.2) is 0 Å². The molecular formula is C10H8BrClF2O. The number of rotatable bonds is 3. The molecule has 0 spiro atoms. The maximum Gasteiger partial charge on any atom is 0.380 e. The fraction of sp³-hybridized carbons (Fsp3) is 0.300. The van der Waals surface area contributed by atoms with Gasteiger partial charge in [-0.1, -0.05) is 28.1 Å². The van der Waals surface area contributed by atoms with Gasteiger partial charge in [-0.2, -0.15) is 8.78 Å². The zero-order chi connectivity index (χ0) is 11.6. The van der Waals surface area contributed by atoms with E-state index in [0.717, 1.165) is 10.0 Å². The molecule has 15 heavy (non-hydrogen) atoms. The Morgan fingerprint density at radius 3 is 2.60 bits per heavy atom. The Balaban J connectivity index is 2.83. The monoisotopic (exact) mass is 296 g/mol. The quantitative estimate of drug-likeness (QED) is 0.778. The van der Waals surface area contributed by atoms with Crippen molar-refractivity contribution in [3.8, 4) is 0 Å². The maximum atomic E-state index is 12.4. The first-order chi connectivity index (χ1) is 6.80. The molecule has 0 N–H and O–H groups in total. The molecule has 1 nitrogen and oxygen atoms in total. The van der Waals surface area contributed by atoms with Crippen LogP contribution in [0, 0.1) is 6.92 Å². The van der Waals surface area contributed by atoms with Crippen LogP contribution in [0.5, 0.6) is 0 Å². The molecule has 0 saturated carbocycles. The van der Waals surface area contributed by atoms with Crippen molar-refractivity contribution in [2.24, 2.45) is 0 Å². The zero-order valence-corrected chi connectivity index (χ0v) is 10.2. The Hall–Kier alpha value is -0.480. The molecule has 0 fully saturated rings. The number of hydrogen-bond acceptors (Lipinski definition) is 1. The largest absolute Gasteiger partial charge is 0.380 e. The zero-order valence-electron chi connectivity index (χ0n) is 7.86. The van der Waals surface area contributed by atoms with E-state index in [-0.39, 0.29) is 6.42 Å². The van der Waals surface area contributed by atoms with Gasteiger partial charge < -0.3 is 0 Å². The van der Waals surface area contributed by atoms with Crippen molar-refractivity contribution in [3.05, 3.63) is 33.8 Å². The molecule has 0 bridgehead atoms. The molecule has 82 valence electrons. The van der Waals surface area contributed by atoms with Crippen LogP contribution in [0.2, 0.25) is 0 Å². The smallest absolute Gasteiger partial charge is 0.291 e. The minimum atomic E-state index is -3.78. The van der Waals surface area contributed by atoms with Crippen molar-refractivity contribution in [2.75, 3.05) is 0 Å². The lowest BCUT2D eigenvalue weighted by Crippen LogP contribution is -2.23. The second-order valence-electron chi connectivity index (χ2n) is 3.18. The van der Waals surface area contributed by atoms with Gasteiger partial charge in [0.25, 0.3) is 0 Å². The molecule has 0 aliphatic heterocycles.